The summed E-state index contributed by atoms with van der Waals surface area (Å²) in [5.74, 6) is -1.42. The Morgan fingerprint density at radius 1 is 0.846 bits per heavy atom. The zero-order chi connectivity index (χ0) is 19.5. The number of carboxylic acid groups (broad SMARTS) is 1. The lowest BCUT2D eigenvalue weighted by molar-refractivity contribution is 0.0690. The smallest absolute Gasteiger partial charge is 0.354 e. The molecule has 1 aromatic rings. The normalized spacial score (nSPS) is 11.2. The number of carbonyl (C=O) groups excluding carboxylic acids is 1. The maximum absolute atomic E-state index is 12.9. The van der Waals surface area contributed by atoms with Crippen molar-refractivity contribution in [3.63, 3.8) is 0 Å². The quantitative estimate of drug-likeness (QED) is 0.597. The van der Waals surface area contributed by atoms with Gasteiger partial charge in [0.05, 0.1) is 0 Å². The molecule has 0 saturated carbocycles. The largest absolute Gasteiger partial charge is 0.477 e. The Kier molecular flexibility index (Phi) is 9.75. The summed E-state index contributed by atoms with van der Waals surface area (Å²) >= 11 is 0. The topological polar surface area (TPSA) is 89.9 Å². The van der Waals surface area contributed by atoms with Crippen molar-refractivity contribution in [2.24, 2.45) is 0 Å². The number of aromatic nitrogens is 2. The molecular formula is C18H31N5O3. The minimum absolute atomic E-state index is 0.122. The first kappa shape index (κ1) is 22.0. The molecule has 0 aliphatic heterocycles. The Morgan fingerprint density at radius 2 is 1.31 bits per heavy atom. The van der Waals surface area contributed by atoms with Crippen LogP contribution in [0.4, 0.5) is 0 Å². The second kappa shape index (κ2) is 11.5. The SMILES string of the molecule is CCN(CC)CCN(CCN(CC)CC)C(=O)c1cc(C(=O)O)ncn1. The fraction of sp³-hybridized carbons (Fsp3) is 0.667. The number of hydrogen-bond acceptors (Lipinski definition) is 6. The lowest BCUT2D eigenvalue weighted by Crippen LogP contribution is -2.43. The van der Waals surface area contributed by atoms with Gasteiger partial charge in [-0.15, -0.1) is 0 Å². The van der Waals surface area contributed by atoms with Crippen LogP contribution >= 0.6 is 0 Å². The van der Waals surface area contributed by atoms with Crippen molar-refractivity contribution >= 4 is 11.9 Å². The highest BCUT2D eigenvalue weighted by molar-refractivity contribution is 5.95. The predicted octanol–water partition coefficient (Wildman–Crippen LogP) is 1.30. The van der Waals surface area contributed by atoms with E-state index in [9.17, 15) is 9.59 Å². The van der Waals surface area contributed by atoms with Gasteiger partial charge in [0.25, 0.3) is 5.91 Å². The molecule has 1 N–H and O–H groups in total. The van der Waals surface area contributed by atoms with Crippen molar-refractivity contribution in [1.82, 2.24) is 24.7 Å². The maximum atomic E-state index is 12.9. The van der Waals surface area contributed by atoms with E-state index >= 15 is 0 Å². The first-order valence-electron chi connectivity index (χ1n) is 9.25. The lowest BCUT2D eigenvalue weighted by Gasteiger charge is -2.28. The van der Waals surface area contributed by atoms with Crippen LogP contribution in [0.15, 0.2) is 12.4 Å². The van der Waals surface area contributed by atoms with Gasteiger partial charge in [-0.1, -0.05) is 27.7 Å². The molecule has 1 aromatic heterocycles. The first-order chi connectivity index (χ1) is 12.5. The van der Waals surface area contributed by atoms with Crippen molar-refractivity contribution in [2.75, 3.05) is 52.4 Å². The fourth-order valence-corrected chi connectivity index (χ4v) is 2.67. The molecule has 0 aromatic carbocycles. The molecule has 0 saturated heterocycles. The Morgan fingerprint density at radius 3 is 1.73 bits per heavy atom. The molecule has 0 aliphatic rings. The number of likely N-dealkylation sites (N-methyl/N-ethyl adjacent to an activating group) is 2. The minimum Gasteiger partial charge on any atom is -0.477 e. The van der Waals surface area contributed by atoms with E-state index in [0.717, 1.165) is 45.6 Å². The summed E-state index contributed by atoms with van der Waals surface area (Å²) in [6.07, 6.45) is 1.13. The number of aromatic carboxylic acids is 1. The van der Waals surface area contributed by atoms with Crippen LogP contribution in [0.2, 0.25) is 0 Å². The van der Waals surface area contributed by atoms with Gasteiger partial charge in [0.15, 0.2) is 5.69 Å². The number of hydrogen-bond donors (Lipinski definition) is 1. The van der Waals surface area contributed by atoms with Crippen molar-refractivity contribution in [3.8, 4) is 0 Å². The third kappa shape index (κ3) is 6.68. The highest BCUT2D eigenvalue weighted by atomic mass is 16.4. The number of carboxylic acids is 1. The molecule has 0 atom stereocenters. The average molecular weight is 365 g/mol. The highest BCUT2D eigenvalue weighted by Crippen LogP contribution is 2.05. The molecule has 1 rings (SSSR count). The molecule has 8 heteroatoms. The van der Waals surface area contributed by atoms with E-state index in [1.54, 1.807) is 4.90 Å². The Labute approximate surface area is 155 Å². The van der Waals surface area contributed by atoms with E-state index in [4.69, 9.17) is 5.11 Å². The van der Waals surface area contributed by atoms with Crippen LogP contribution in [-0.2, 0) is 0 Å². The van der Waals surface area contributed by atoms with E-state index in [2.05, 4.69) is 47.5 Å². The van der Waals surface area contributed by atoms with Gasteiger partial charge in [0.1, 0.15) is 12.0 Å². The molecule has 0 radical (unpaired) electrons. The molecule has 8 nitrogen and oxygen atoms in total. The molecule has 0 unspecified atom stereocenters. The molecule has 1 amide bonds. The number of amides is 1. The number of rotatable bonds is 12. The van der Waals surface area contributed by atoms with Crippen LogP contribution in [0.1, 0.15) is 48.7 Å². The highest BCUT2D eigenvalue weighted by Gasteiger charge is 2.20. The third-order valence-corrected chi connectivity index (χ3v) is 4.55. The van der Waals surface area contributed by atoms with Gasteiger partial charge in [0.2, 0.25) is 0 Å². The summed E-state index contributed by atoms with van der Waals surface area (Å²) in [6.45, 7) is 14.8. The molecule has 26 heavy (non-hydrogen) atoms. The number of nitrogens with zero attached hydrogens (tertiary/aromatic N) is 5. The second-order valence-corrected chi connectivity index (χ2v) is 5.94. The summed E-state index contributed by atoms with van der Waals surface area (Å²) in [7, 11) is 0. The van der Waals surface area contributed by atoms with Crippen molar-refractivity contribution in [3.05, 3.63) is 23.8 Å². The standard InChI is InChI=1S/C18H31N5O3/c1-5-21(6-2)9-11-23(12-10-22(7-3)8-4)17(24)15-13-16(18(25)26)20-14-19-15/h13-14H,5-12H2,1-4H3,(H,25,26). The van der Waals surface area contributed by atoms with Crippen LogP contribution in [0, 0.1) is 0 Å². The van der Waals surface area contributed by atoms with Crippen molar-refractivity contribution in [2.45, 2.75) is 27.7 Å². The van der Waals surface area contributed by atoms with Crippen LogP contribution in [0.25, 0.3) is 0 Å². The zero-order valence-corrected chi connectivity index (χ0v) is 16.3. The molecule has 0 bridgehead atoms. The third-order valence-electron chi connectivity index (χ3n) is 4.55. The van der Waals surface area contributed by atoms with E-state index in [1.807, 2.05) is 0 Å². The van der Waals surface area contributed by atoms with Gasteiger partial charge in [-0.05, 0) is 26.2 Å². The summed E-state index contributed by atoms with van der Waals surface area (Å²) in [5, 5.41) is 9.08. The van der Waals surface area contributed by atoms with Crippen LogP contribution in [0.3, 0.4) is 0 Å². The summed E-state index contributed by atoms with van der Waals surface area (Å²) in [4.78, 5) is 37.9. The van der Waals surface area contributed by atoms with Gasteiger partial charge in [0, 0.05) is 32.2 Å². The molecular weight excluding hydrogens is 334 g/mol. The summed E-state index contributed by atoms with van der Waals surface area (Å²) < 4.78 is 0. The Bertz CT molecular complexity index is 558. The van der Waals surface area contributed by atoms with Crippen LogP contribution in [0.5, 0.6) is 0 Å². The van der Waals surface area contributed by atoms with E-state index in [1.165, 1.54) is 6.07 Å². The molecule has 0 aliphatic carbocycles. The monoisotopic (exact) mass is 365 g/mol. The molecule has 0 fully saturated rings. The second-order valence-electron chi connectivity index (χ2n) is 5.94. The number of carbonyl (C=O) groups is 2. The summed E-state index contributed by atoms with van der Waals surface area (Å²) in [5.41, 5.74) is -0.0488. The molecule has 0 spiro atoms. The van der Waals surface area contributed by atoms with Crippen molar-refractivity contribution in [1.29, 1.82) is 0 Å². The first-order valence-corrected chi connectivity index (χ1v) is 9.25. The van der Waals surface area contributed by atoms with Crippen LogP contribution in [-0.4, -0.2) is 94.0 Å². The fourth-order valence-electron chi connectivity index (χ4n) is 2.67. The molecule has 1 heterocycles. The zero-order valence-electron chi connectivity index (χ0n) is 16.3. The van der Waals surface area contributed by atoms with Crippen molar-refractivity contribution < 1.29 is 14.7 Å². The van der Waals surface area contributed by atoms with Gasteiger partial charge in [-0.3, -0.25) is 4.79 Å². The van der Waals surface area contributed by atoms with E-state index in [0.29, 0.717) is 13.1 Å². The van der Waals surface area contributed by atoms with Gasteiger partial charge in [-0.25, -0.2) is 14.8 Å². The lowest BCUT2D eigenvalue weighted by atomic mass is 10.2. The predicted molar refractivity (Wildman–Crippen MR) is 100 cm³/mol. The Balaban J connectivity index is 2.91. The average Bonchev–Trinajstić information content (AvgIpc) is 2.67. The van der Waals surface area contributed by atoms with Crippen LogP contribution < -0.4 is 0 Å². The van der Waals surface area contributed by atoms with Gasteiger partial charge >= 0.3 is 5.97 Å². The molecule has 146 valence electrons. The summed E-state index contributed by atoms with van der Waals surface area (Å²) in [6, 6.07) is 1.24. The van der Waals surface area contributed by atoms with Gasteiger partial charge in [-0.2, -0.15) is 0 Å². The van der Waals surface area contributed by atoms with E-state index < -0.39 is 5.97 Å². The van der Waals surface area contributed by atoms with E-state index in [-0.39, 0.29) is 17.3 Å². The maximum Gasteiger partial charge on any atom is 0.354 e. The van der Waals surface area contributed by atoms with Gasteiger partial charge < -0.3 is 19.8 Å². The Hall–Kier alpha value is -2.06. The minimum atomic E-state index is -1.17.